The summed E-state index contributed by atoms with van der Waals surface area (Å²) in [7, 11) is -4.25. The Morgan fingerprint density at radius 1 is 0.815 bits per heavy atom. The number of nitrogens with zero attached hydrogens (tertiary/aromatic N) is 3. The van der Waals surface area contributed by atoms with Crippen LogP contribution in [0.2, 0.25) is 0 Å². The van der Waals surface area contributed by atoms with E-state index in [1.54, 1.807) is 0 Å². The summed E-state index contributed by atoms with van der Waals surface area (Å²) >= 11 is 0. The fourth-order valence-electron chi connectivity index (χ4n) is 3.87. The van der Waals surface area contributed by atoms with Crippen molar-refractivity contribution in [1.29, 1.82) is 0 Å². The number of hydrogen-bond acceptors (Lipinski definition) is 5. The van der Waals surface area contributed by atoms with Crippen molar-refractivity contribution in [3.05, 3.63) is 24.3 Å². The number of likely N-dealkylation sites (tertiary alicyclic amines) is 1. The quantitative estimate of drug-likeness (QED) is 0.730. The molecule has 2 saturated heterocycles. The minimum atomic E-state index is -3.59. The van der Waals surface area contributed by atoms with E-state index in [0.717, 1.165) is 30.2 Å². The molecule has 0 unspecified atom stereocenters. The second kappa shape index (κ2) is 8.16. The van der Waals surface area contributed by atoms with E-state index in [2.05, 4.69) is 4.90 Å². The molecule has 0 aromatic heterocycles. The van der Waals surface area contributed by atoms with Gasteiger partial charge in [0.1, 0.15) is 0 Å². The Kier molecular flexibility index (Phi) is 6.27. The molecule has 0 amide bonds. The van der Waals surface area contributed by atoms with Crippen molar-refractivity contribution in [1.82, 2.24) is 13.5 Å². The van der Waals surface area contributed by atoms with Crippen LogP contribution in [0.5, 0.6) is 0 Å². The first-order valence-corrected chi connectivity index (χ1v) is 12.4. The highest BCUT2D eigenvalue weighted by Gasteiger charge is 2.32. The fourth-order valence-corrected chi connectivity index (χ4v) is 6.25. The molecule has 2 fully saturated rings. The van der Waals surface area contributed by atoms with Crippen LogP contribution in [-0.2, 0) is 20.0 Å². The van der Waals surface area contributed by atoms with Crippen molar-refractivity contribution in [3.63, 3.8) is 0 Å². The van der Waals surface area contributed by atoms with Crippen LogP contribution in [0.4, 0.5) is 0 Å². The second-order valence-corrected chi connectivity index (χ2v) is 11.6. The van der Waals surface area contributed by atoms with E-state index >= 15 is 0 Å². The van der Waals surface area contributed by atoms with Crippen LogP contribution >= 0.6 is 0 Å². The third-order valence-electron chi connectivity index (χ3n) is 5.57. The highest BCUT2D eigenvalue weighted by molar-refractivity contribution is 7.89. The molecule has 2 aliphatic rings. The Labute approximate surface area is 163 Å². The maximum absolute atomic E-state index is 12.9. The van der Waals surface area contributed by atoms with Gasteiger partial charge in [-0.05, 0) is 63.0 Å². The zero-order valence-electron chi connectivity index (χ0n) is 16.0. The molecule has 152 valence electrons. The summed E-state index contributed by atoms with van der Waals surface area (Å²) in [6.07, 6.45) is 5.48. The Hall–Kier alpha value is -1.00. The molecule has 0 atom stereocenters. The predicted molar refractivity (Wildman–Crippen MR) is 105 cm³/mol. The zero-order valence-corrected chi connectivity index (χ0v) is 17.7. The van der Waals surface area contributed by atoms with Gasteiger partial charge in [0.15, 0.2) is 0 Å². The molecule has 3 rings (SSSR count). The molecule has 1 aromatic carbocycles. The van der Waals surface area contributed by atoms with Crippen molar-refractivity contribution < 1.29 is 16.8 Å². The highest BCUT2D eigenvalue weighted by Crippen LogP contribution is 2.26. The van der Waals surface area contributed by atoms with Gasteiger partial charge in [-0.1, -0.05) is 6.42 Å². The average molecular weight is 416 g/mol. The van der Waals surface area contributed by atoms with Crippen LogP contribution in [0.1, 0.15) is 32.1 Å². The highest BCUT2D eigenvalue weighted by atomic mass is 32.2. The largest absolute Gasteiger partial charge is 0.300 e. The Balaban J connectivity index is 1.68. The lowest BCUT2D eigenvalue weighted by atomic mass is 10.0. The van der Waals surface area contributed by atoms with Crippen LogP contribution in [-0.4, -0.2) is 76.7 Å². The molecule has 9 heteroatoms. The first-order valence-electron chi connectivity index (χ1n) is 9.50. The van der Waals surface area contributed by atoms with Gasteiger partial charge in [0.05, 0.1) is 9.79 Å². The lowest BCUT2D eigenvalue weighted by Gasteiger charge is -2.39. The van der Waals surface area contributed by atoms with E-state index in [4.69, 9.17) is 0 Å². The van der Waals surface area contributed by atoms with Crippen LogP contribution < -0.4 is 0 Å². The lowest BCUT2D eigenvalue weighted by molar-refractivity contribution is 0.118. The molecule has 2 heterocycles. The predicted octanol–water partition coefficient (Wildman–Crippen LogP) is 1.58. The van der Waals surface area contributed by atoms with E-state index in [1.165, 1.54) is 61.9 Å². The Bertz CT molecular complexity index is 837. The van der Waals surface area contributed by atoms with Gasteiger partial charge in [-0.15, -0.1) is 0 Å². The van der Waals surface area contributed by atoms with Gasteiger partial charge in [0.2, 0.25) is 20.0 Å². The summed E-state index contributed by atoms with van der Waals surface area (Å²) in [5.74, 6) is 0. The SMILES string of the molecule is CN(C)S(=O)(=O)c1ccc(S(=O)(=O)N2CCC(N3CCCCC3)CC2)cc1. The molecular formula is C18H29N3O4S2. The standard InChI is InChI=1S/C18H29N3O4S2/c1-19(2)26(22,23)17-6-8-18(9-7-17)27(24,25)21-14-10-16(11-15-21)20-12-4-3-5-13-20/h6-9,16H,3-5,10-15H2,1-2H3. The van der Waals surface area contributed by atoms with Gasteiger partial charge >= 0.3 is 0 Å². The molecule has 7 nitrogen and oxygen atoms in total. The molecule has 0 radical (unpaired) electrons. The maximum atomic E-state index is 12.9. The van der Waals surface area contributed by atoms with E-state index in [9.17, 15) is 16.8 Å². The minimum Gasteiger partial charge on any atom is -0.300 e. The molecule has 0 aliphatic carbocycles. The third-order valence-corrected chi connectivity index (χ3v) is 9.31. The normalized spacial score (nSPS) is 21.6. The van der Waals surface area contributed by atoms with E-state index in [1.807, 2.05) is 0 Å². The summed E-state index contributed by atoms with van der Waals surface area (Å²) < 4.78 is 52.8. The molecular weight excluding hydrogens is 386 g/mol. The summed E-state index contributed by atoms with van der Waals surface area (Å²) in [6.45, 7) is 3.28. The summed E-state index contributed by atoms with van der Waals surface area (Å²) in [4.78, 5) is 2.75. The van der Waals surface area contributed by atoms with Gasteiger partial charge in [-0.25, -0.2) is 21.1 Å². The molecule has 0 spiro atoms. The maximum Gasteiger partial charge on any atom is 0.243 e. The summed E-state index contributed by atoms with van der Waals surface area (Å²) in [6, 6.07) is 5.99. The number of hydrogen-bond donors (Lipinski definition) is 0. The van der Waals surface area contributed by atoms with Gasteiger partial charge in [0, 0.05) is 33.2 Å². The molecule has 1 aromatic rings. The number of piperidine rings is 2. The molecule has 0 bridgehead atoms. The molecule has 0 N–H and O–H groups in total. The molecule has 2 aliphatic heterocycles. The van der Waals surface area contributed by atoms with Gasteiger partial charge in [-0.3, -0.25) is 0 Å². The van der Waals surface area contributed by atoms with Gasteiger partial charge in [0.25, 0.3) is 0 Å². The van der Waals surface area contributed by atoms with Crippen LogP contribution in [0.15, 0.2) is 34.1 Å². The molecule has 0 saturated carbocycles. The fraction of sp³-hybridized carbons (Fsp3) is 0.667. The van der Waals surface area contributed by atoms with Crippen LogP contribution in [0.25, 0.3) is 0 Å². The zero-order chi connectivity index (χ0) is 19.7. The first-order chi connectivity index (χ1) is 12.7. The lowest BCUT2D eigenvalue weighted by Crippen LogP contribution is -2.48. The van der Waals surface area contributed by atoms with E-state index < -0.39 is 20.0 Å². The smallest absolute Gasteiger partial charge is 0.243 e. The van der Waals surface area contributed by atoms with Crippen LogP contribution in [0, 0.1) is 0 Å². The second-order valence-electron chi connectivity index (χ2n) is 7.49. The van der Waals surface area contributed by atoms with E-state index in [0.29, 0.717) is 19.1 Å². The average Bonchev–Trinajstić information content (AvgIpc) is 2.68. The Morgan fingerprint density at radius 3 is 1.85 bits per heavy atom. The summed E-state index contributed by atoms with van der Waals surface area (Å²) in [5.41, 5.74) is 0. The van der Waals surface area contributed by atoms with Gasteiger partial charge in [-0.2, -0.15) is 4.31 Å². The van der Waals surface area contributed by atoms with Crippen molar-refractivity contribution in [2.24, 2.45) is 0 Å². The van der Waals surface area contributed by atoms with Crippen molar-refractivity contribution in [2.45, 2.75) is 47.9 Å². The number of rotatable bonds is 5. The molecule has 27 heavy (non-hydrogen) atoms. The Morgan fingerprint density at radius 2 is 1.33 bits per heavy atom. The monoisotopic (exact) mass is 415 g/mol. The first kappa shape index (κ1) is 20.7. The minimum absolute atomic E-state index is 0.0928. The summed E-state index contributed by atoms with van der Waals surface area (Å²) in [5, 5.41) is 0. The van der Waals surface area contributed by atoms with E-state index in [-0.39, 0.29) is 9.79 Å². The van der Waals surface area contributed by atoms with Crippen molar-refractivity contribution in [2.75, 3.05) is 40.3 Å². The number of sulfonamides is 2. The van der Waals surface area contributed by atoms with Gasteiger partial charge < -0.3 is 4.90 Å². The topological polar surface area (TPSA) is 78.0 Å². The number of benzene rings is 1. The van der Waals surface area contributed by atoms with Crippen molar-refractivity contribution in [3.8, 4) is 0 Å². The third kappa shape index (κ3) is 4.37. The van der Waals surface area contributed by atoms with Crippen molar-refractivity contribution >= 4 is 20.0 Å². The van der Waals surface area contributed by atoms with Crippen LogP contribution in [0.3, 0.4) is 0 Å².